The molecule has 0 saturated carbocycles. The van der Waals surface area contributed by atoms with E-state index < -0.39 is 0 Å². The molecule has 2 N–H and O–H groups in total. The summed E-state index contributed by atoms with van der Waals surface area (Å²) in [5, 5.41) is 12.1. The van der Waals surface area contributed by atoms with Crippen LogP contribution in [0, 0.1) is 5.82 Å². The molecule has 1 atom stereocenters. The van der Waals surface area contributed by atoms with E-state index in [-0.39, 0.29) is 23.9 Å². The van der Waals surface area contributed by atoms with Gasteiger partial charge in [-0.15, -0.1) is 0 Å². The van der Waals surface area contributed by atoms with Crippen molar-refractivity contribution in [2.45, 2.75) is 38.6 Å². The van der Waals surface area contributed by atoms with Crippen molar-refractivity contribution < 1.29 is 9.50 Å². The molecule has 0 saturated heterocycles. The summed E-state index contributed by atoms with van der Waals surface area (Å²) in [5.41, 5.74) is 1.05. The highest BCUT2D eigenvalue weighted by Gasteiger charge is 2.27. The van der Waals surface area contributed by atoms with E-state index in [1.54, 1.807) is 0 Å². The molecule has 2 nitrogen and oxygen atoms in total. The van der Waals surface area contributed by atoms with Crippen LogP contribution in [-0.2, 0) is 5.41 Å². The largest absolute Gasteiger partial charge is 0.396 e. The number of aliphatic hydroxyl groups is 1. The summed E-state index contributed by atoms with van der Waals surface area (Å²) in [5.74, 6) is -0.203. The van der Waals surface area contributed by atoms with Crippen molar-refractivity contribution >= 4 is 0 Å². The van der Waals surface area contributed by atoms with Gasteiger partial charge in [-0.05, 0) is 37.6 Å². The molecule has 0 bridgehead atoms. The molecule has 17 heavy (non-hydrogen) atoms. The van der Waals surface area contributed by atoms with Gasteiger partial charge in [0.25, 0.3) is 0 Å². The smallest absolute Gasteiger partial charge is 0.123 e. The topological polar surface area (TPSA) is 32.3 Å². The number of hydrogen-bond acceptors (Lipinski definition) is 2. The fourth-order valence-corrected chi connectivity index (χ4v) is 1.78. The Morgan fingerprint density at radius 3 is 2.41 bits per heavy atom. The number of aliphatic hydroxyl groups excluding tert-OH is 1. The minimum absolute atomic E-state index is 0.0663. The van der Waals surface area contributed by atoms with Crippen molar-refractivity contribution in [3.05, 3.63) is 35.6 Å². The Morgan fingerprint density at radius 2 is 1.88 bits per heavy atom. The lowest BCUT2D eigenvalue weighted by Gasteiger charge is -2.33. The lowest BCUT2D eigenvalue weighted by molar-refractivity contribution is 0.275. The highest BCUT2D eigenvalue weighted by Crippen LogP contribution is 2.27. The minimum atomic E-state index is -0.203. The lowest BCUT2D eigenvalue weighted by atomic mass is 9.78. The Hall–Kier alpha value is -0.930. The van der Waals surface area contributed by atoms with Gasteiger partial charge in [0.1, 0.15) is 5.82 Å². The predicted molar refractivity (Wildman–Crippen MR) is 68.6 cm³/mol. The standard InChI is InChI=1S/C14H22FNO/c1-11(16-9-4-10-17)14(2,3)12-5-7-13(15)8-6-12/h5-8,11,16-17H,4,9-10H2,1-3H3. The number of benzene rings is 1. The summed E-state index contributed by atoms with van der Waals surface area (Å²) in [6.45, 7) is 7.38. The number of rotatable bonds is 6. The van der Waals surface area contributed by atoms with Crippen LogP contribution in [0.15, 0.2) is 24.3 Å². The van der Waals surface area contributed by atoms with Crippen LogP contribution in [0.1, 0.15) is 32.8 Å². The van der Waals surface area contributed by atoms with Gasteiger partial charge in [-0.3, -0.25) is 0 Å². The van der Waals surface area contributed by atoms with Gasteiger partial charge in [-0.1, -0.05) is 26.0 Å². The zero-order valence-corrected chi connectivity index (χ0v) is 10.8. The van der Waals surface area contributed by atoms with Crippen LogP contribution >= 0.6 is 0 Å². The molecule has 1 unspecified atom stereocenters. The van der Waals surface area contributed by atoms with E-state index in [4.69, 9.17) is 5.11 Å². The second kappa shape index (κ2) is 6.12. The molecule has 1 aromatic carbocycles. The first-order valence-corrected chi connectivity index (χ1v) is 6.08. The van der Waals surface area contributed by atoms with Gasteiger partial charge >= 0.3 is 0 Å². The van der Waals surface area contributed by atoms with Crippen LogP contribution in [0.5, 0.6) is 0 Å². The van der Waals surface area contributed by atoms with Crippen LogP contribution < -0.4 is 5.32 Å². The fraction of sp³-hybridized carbons (Fsp3) is 0.571. The van der Waals surface area contributed by atoms with Crippen molar-refractivity contribution in [3.8, 4) is 0 Å². The summed E-state index contributed by atoms with van der Waals surface area (Å²) in [4.78, 5) is 0. The van der Waals surface area contributed by atoms with E-state index in [1.807, 2.05) is 12.1 Å². The Morgan fingerprint density at radius 1 is 1.29 bits per heavy atom. The van der Waals surface area contributed by atoms with Gasteiger partial charge in [0.05, 0.1) is 0 Å². The average molecular weight is 239 g/mol. The van der Waals surface area contributed by atoms with Gasteiger partial charge in [-0.2, -0.15) is 0 Å². The minimum Gasteiger partial charge on any atom is -0.396 e. The SMILES string of the molecule is CC(NCCCO)C(C)(C)c1ccc(F)cc1. The van der Waals surface area contributed by atoms with Crippen molar-refractivity contribution in [2.24, 2.45) is 0 Å². The van der Waals surface area contributed by atoms with Gasteiger partial charge in [0.15, 0.2) is 0 Å². The maximum atomic E-state index is 12.9. The number of halogens is 1. The van der Waals surface area contributed by atoms with Gasteiger partial charge < -0.3 is 10.4 Å². The molecule has 0 heterocycles. The van der Waals surface area contributed by atoms with E-state index in [9.17, 15) is 4.39 Å². The molecule has 3 heteroatoms. The number of hydrogen-bond donors (Lipinski definition) is 2. The molecular formula is C14H22FNO. The molecular weight excluding hydrogens is 217 g/mol. The predicted octanol–water partition coefficient (Wildman–Crippen LogP) is 2.46. The quantitative estimate of drug-likeness (QED) is 0.747. The second-order valence-corrected chi connectivity index (χ2v) is 4.98. The van der Waals surface area contributed by atoms with E-state index in [0.717, 1.165) is 18.5 Å². The molecule has 0 aromatic heterocycles. The maximum absolute atomic E-state index is 12.9. The molecule has 0 fully saturated rings. The van der Waals surface area contributed by atoms with Gasteiger partial charge in [0, 0.05) is 18.1 Å². The third-order valence-corrected chi connectivity index (χ3v) is 3.46. The summed E-state index contributed by atoms with van der Waals surface area (Å²) < 4.78 is 12.9. The maximum Gasteiger partial charge on any atom is 0.123 e. The van der Waals surface area contributed by atoms with Crippen LogP contribution in [0.3, 0.4) is 0 Å². The van der Waals surface area contributed by atoms with E-state index in [1.165, 1.54) is 12.1 Å². The second-order valence-electron chi connectivity index (χ2n) is 4.98. The first-order valence-electron chi connectivity index (χ1n) is 6.08. The Bertz CT molecular complexity index is 335. The molecule has 0 aliphatic rings. The van der Waals surface area contributed by atoms with Crippen LogP contribution in [0.4, 0.5) is 4.39 Å². The monoisotopic (exact) mass is 239 g/mol. The van der Waals surface area contributed by atoms with E-state index in [2.05, 4.69) is 26.1 Å². The van der Waals surface area contributed by atoms with Crippen LogP contribution in [0.2, 0.25) is 0 Å². The fourth-order valence-electron chi connectivity index (χ4n) is 1.78. The molecule has 0 aliphatic heterocycles. The number of nitrogens with one attached hydrogen (secondary N) is 1. The summed E-state index contributed by atoms with van der Waals surface area (Å²) >= 11 is 0. The molecule has 0 aliphatic carbocycles. The average Bonchev–Trinajstić information content (AvgIpc) is 2.29. The summed E-state index contributed by atoms with van der Waals surface area (Å²) in [7, 11) is 0. The zero-order valence-electron chi connectivity index (χ0n) is 10.8. The molecule has 0 spiro atoms. The molecule has 0 amide bonds. The molecule has 96 valence electrons. The van der Waals surface area contributed by atoms with Crippen molar-refractivity contribution in [1.82, 2.24) is 5.32 Å². The Kier molecular flexibility index (Phi) is 5.09. The van der Waals surface area contributed by atoms with Crippen molar-refractivity contribution in [2.75, 3.05) is 13.2 Å². The third kappa shape index (κ3) is 3.79. The van der Waals surface area contributed by atoms with E-state index >= 15 is 0 Å². The highest BCUT2D eigenvalue weighted by molar-refractivity contribution is 5.26. The third-order valence-electron chi connectivity index (χ3n) is 3.46. The molecule has 0 radical (unpaired) electrons. The Labute approximate surface area is 103 Å². The van der Waals surface area contributed by atoms with Crippen LogP contribution in [-0.4, -0.2) is 24.3 Å². The molecule has 1 rings (SSSR count). The van der Waals surface area contributed by atoms with Crippen molar-refractivity contribution in [1.29, 1.82) is 0 Å². The van der Waals surface area contributed by atoms with E-state index in [0.29, 0.717) is 0 Å². The summed E-state index contributed by atoms with van der Waals surface area (Å²) in [6, 6.07) is 6.92. The zero-order chi connectivity index (χ0) is 12.9. The lowest BCUT2D eigenvalue weighted by Crippen LogP contribution is -2.43. The van der Waals surface area contributed by atoms with Crippen LogP contribution in [0.25, 0.3) is 0 Å². The first kappa shape index (κ1) is 14.1. The van der Waals surface area contributed by atoms with Crippen molar-refractivity contribution in [3.63, 3.8) is 0 Å². The molecule has 1 aromatic rings. The van der Waals surface area contributed by atoms with Gasteiger partial charge in [0.2, 0.25) is 0 Å². The first-order chi connectivity index (χ1) is 7.98. The normalized spacial score (nSPS) is 13.7. The summed E-state index contributed by atoms with van der Waals surface area (Å²) in [6.07, 6.45) is 0.754. The highest BCUT2D eigenvalue weighted by atomic mass is 19.1. The van der Waals surface area contributed by atoms with Gasteiger partial charge in [-0.25, -0.2) is 4.39 Å². The Balaban J connectivity index is 2.68.